The Hall–Kier alpha value is -2.44. The smallest absolute Gasteiger partial charge is 0.293 e. The molecular formula is C21H20ClNO4S. The number of ether oxygens (including phenoxy) is 2. The molecule has 1 aliphatic heterocycles. The van der Waals surface area contributed by atoms with Gasteiger partial charge in [-0.15, -0.1) is 0 Å². The van der Waals surface area contributed by atoms with E-state index in [1.807, 2.05) is 44.2 Å². The van der Waals surface area contributed by atoms with Crippen LogP contribution in [0.2, 0.25) is 5.02 Å². The third-order valence-electron chi connectivity index (χ3n) is 3.98. The zero-order chi connectivity index (χ0) is 20.1. The summed E-state index contributed by atoms with van der Waals surface area (Å²) in [7, 11) is 0. The van der Waals surface area contributed by atoms with Crippen LogP contribution >= 0.6 is 23.4 Å². The summed E-state index contributed by atoms with van der Waals surface area (Å²) in [4.78, 5) is 26.6. The molecule has 0 N–H and O–H groups in total. The number of nitrogens with zero attached hydrogens (tertiary/aromatic N) is 1. The second-order valence-corrected chi connectivity index (χ2v) is 7.35. The second kappa shape index (κ2) is 9.17. The fourth-order valence-corrected chi connectivity index (χ4v) is 3.88. The highest BCUT2D eigenvalue weighted by molar-refractivity contribution is 8.18. The van der Waals surface area contributed by atoms with Crippen LogP contribution in [0, 0.1) is 0 Å². The minimum Gasteiger partial charge on any atom is -0.490 e. The average molecular weight is 418 g/mol. The van der Waals surface area contributed by atoms with Gasteiger partial charge in [-0.3, -0.25) is 14.5 Å². The summed E-state index contributed by atoms with van der Waals surface area (Å²) in [5.74, 6) is 0.661. The van der Waals surface area contributed by atoms with Gasteiger partial charge in [-0.2, -0.15) is 0 Å². The van der Waals surface area contributed by atoms with Crippen LogP contribution in [0.5, 0.6) is 11.5 Å². The number of hydrogen-bond acceptors (Lipinski definition) is 5. The number of imide groups is 1. The van der Waals surface area contributed by atoms with Crippen molar-refractivity contribution in [1.82, 2.24) is 4.90 Å². The molecule has 3 rings (SSSR count). The highest BCUT2D eigenvalue weighted by Crippen LogP contribution is 2.39. The van der Waals surface area contributed by atoms with Crippen molar-refractivity contribution in [3.63, 3.8) is 0 Å². The number of hydrogen-bond donors (Lipinski definition) is 0. The molecule has 7 heteroatoms. The molecule has 1 fully saturated rings. The van der Waals surface area contributed by atoms with Gasteiger partial charge in [0.25, 0.3) is 11.1 Å². The lowest BCUT2D eigenvalue weighted by atomic mass is 10.1. The van der Waals surface area contributed by atoms with Gasteiger partial charge in [0, 0.05) is 0 Å². The van der Waals surface area contributed by atoms with E-state index in [1.165, 1.54) is 4.90 Å². The van der Waals surface area contributed by atoms with Gasteiger partial charge < -0.3 is 9.47 Å². The highest BCUT2D eigenvalue weighted by atomic mass is 35.5. The van der Waals surface area contributed by atoms with Crippen molar-refractivity contribution in [2.24, 2.45) is 0 Å². The Kier molecular flexibility index (Phi) is 6.65. The van der Waals surface area contributed by atoms with E-state index in [0.717, 1.165) is 17.3 Å². The minimum absolute atomic E-state index is 0.247. The summed E-state index contributed by atoms with van der Waals surface area (Å²) < 4.78 is 11.2. The van der Waals surface area contributed by atoms with E-state index in [2.05, 4.69) is 0 Å². The lowest BCUT2D eigenvalue weighted by molar-refractivity contribution is -0.123. The SMILES string of the molecule is CCOc1cc(/C=C2/SC(=O)N(Cc3ccccc3)C2=O)cc(Cl)c1OCC. The number of benzene rings is 2. The van der Waals surface area contributed by atoms with Gasteiger partial charge in [-0.05, 0) is 54.9 Å². The average Bonchev–Trinajstić information content (AvgIpc) is 2.93. The molecule has 0 bridgehead atoms. The number of amides is 2. The first kappa shape index (κ1) is 20.3. The van der Waals surface area contributed by atoms with E-state index in [9.17, 15) is 9.59 Å². The maximum atomic E-state index is 12.7. The van der Waals surface area contributed by atoms with Crippen molar-refractivity contribution in [2.75, 3.05) is 13.2 Å². The number of halogens is 1. The Morgan fingerprint density at radius 2 is 1.79 bits per heavy atom. The molecular weight excluding hydrogens is 398 g/mol. The quantitative estimate of drug-likeness (QED) is 0.566. The van der Waals surface area contributed by atoms with Crippen LogP contribution in [0.3, 0.4) is 0 Å². The summed E-state index contributed by atoms with van der Waals surface area (Å²) in [5.41, 5.74) is 1.57. The Balaban J connectivity index is 1.87. The summed E-state index contributed by atoms with van der Waals surface area (Å²) in [5, 5.41) is 0.102. The van der Waals surface area contributed by atoms with Crippen molar-refractivity contribution in [3.05, 3.63) is 63.5 Å². The third-order valence-corrected chi connectivity index (χ3v) is 5.16. The lowest BCUT2D eigenvalue weighted by Crippen LogP contribution is -2.27. The number of carbonyl (C=O) groups excluding carboxylic acids is 2. The molecule has 0 unspecified atom stereocenters. The van der Waals surface area contributed by atoms with Crippen molar-refractivity contribution >= 4 is 40.6 Å². The summed E-state index contributed by atoms with van der Waals surface area (Å²) in [6, 6.07) is 12.9. The second-order valence-electron chi connectivity index (χ2n) is 5.95. The van der Waals surface area contributed by atoms with Gasteiger partial charge in [0.15, 0.2) is 11.5 Å². The van der Waals surface area contributed by atoms with Crippen LogP contribution in [-0.2, 0) is 11.3 Å². The molecule has 1 saturated heterocycles. The molecule has 0 atom stereocenters. The molecule has 0 aromatic heterocycles. The third kappa shape index (κ3) is 4.51. The topological polar surface area (TPSA) is 55.8 Å². The van der Waals surface area contributed by atoms with E-state index in [4.69, 9.17) is 21.1 Å². The zero-order valence-corrected chi connectivity index (χ0v) is 17.2. The Morgan fingerprint density at radius 1 is 1.07 bits per heavy atom. The Morgan fingerprint density at radius 3 is 2.46 bits per heavy atom. The predicted molar refractivity (Wildman–Crippen MR) is 112 cm³/mol. The van der Waals surface area contributed by atoms with Crippen LogP contribution in [0.15, 0.2) is 47.4 Å². The van der Waals surface area contributed by atoms with E-state index in [-0.39, 0.29) is 17.7 Å². The van der Waals surface area contributed by atoms with Crippen LogP contribution in [0.25, 0.3) is 6.08 Å². The van der Waals surface area contributed by atoms with Crippen LogP contribution in [-0.4, -0.2) is 29.3 Å². The normalized spacial score (nSPS) is 15.4. The van der Waals surface area contributed by atoms with Gasteiger partial charge >= 0.3 is 0 Å². The van der Waals surface area contributed by atoms with E-state index < -0.39 is 0 Å². The fraction of sp³-hybridized carbons (Fsp3) is 0.238. The molecule has 2 aromatic carbocycles. The largest absolute Gasteiger partial charge is 0.490 e. The highest BCUT2D eigenvalue weighted by Gasteiger charge is 2.35. The molecule has 0 radical (unpaired) electrons. The predicted octanol–water partition coefficient (Wildman–Crippen LogP) is 5.37. The molecule has 2 aromatic rings. The molecule has 5 nitrogen and oxygen atoms in total. The summed E-state index contributed by atoms with van der Waals surface area (Å²) >= 11 is 7.25. The fourth-order valence-electron chi connectivity index (χ4n) is 2.77. The van der Waals surface area contributed by atoms with Crippen molar-refractivity contribution in [2.45, 2.75) is 20.4 Å². The number of rotatable bonds is 7. The van der Waals surface area contributed by atoms with Crippen LogP contribution in [0.1, 0.15) is 25.0 Å². The Bertz CT molecular complexity index is 914. The maximum absolute atomic E-state index is 12.7. The van der Waals surface area contributed by atoms with Gasteiger partial charge in [0.05, 0.1) is 29.7 Å². The first-order valence-electron chi connectivity index (χ1n) is 8.92. The van der Waals surface area contributed by atoms with Gasteiger partial charge in [0.2, 0.25) is 0 Å². The number of thioether (sulfide) groups is 1. The lowest BCUT2D eigenvalue weighted by Gasteiger charge is -2.13. The molecule has 1 aliphatic rings. The van der Waals surface area contributed by atoms with Gasteiger partial charge in [-0.25, -0.2) is 0 Å². The monoisotopic (exact) mass is 417 g/mol. The maximum Gasteiger partial charge on any atom is 0.293 e. The first-order chi connectivity index (χ1) is 13.5. The summed E-state index contributed by atoms with van der Waals surface area (Å²) in [6.45, 7) is 4.88. The van der Waals surface area contributed by atoms with Crippen LogP contribution < -0.4 is 9.47 Å². The molecule has 0 saturated carbocycles. The standard InChI is InChI=1S/C21H20ClNO4S/c1-3-26-17-11-15(10-16(22)19(17)27-4-2)12-18-20(24)23(21(25)28-18)13-14-8-6-5-7-9-14/h5-12H,3-4,13H2,1-2H3/b18-12+. The molecule has 2 amide bonds. The molecule has 1 heterocycles. The molecule has 146 valence electrons. The van der Waals surface area contributed by atoms with Crippen molar-refractivity contribution in [3.8, 4) is 11.5 Å². The summed E-state index contributed by atoms with van der Waals surface area (Å²) in [6.07, 6.45) is 1.65. The molecule has 0 aliphatic carbocycles. The molecule has 0 spiro atoms. The Labute approximate surface area is 173 Å². The first-order valence-corrected chi connectivity index (χ1v) is 10.1. The van der Waals surface area contributed by atoms with Gasteiger partial charge in [0.1, 0.15) is 0 Å². The minimum atomic E-state index is -0.318. The van der Waals surface area contributed by atoms with Crippen LogP contribution in [0.4, 0.5) is 4.79 Å². The zero-order valence-electron chi connectivity index (χ0n) is 15.6. The van der Waals surface area contributed by atoms with Gasteiger partial charge in [-0.1, -0.05) is 41.9 Å². The van der Waals surface area contributed by atoms with Crippen molar-refractivity contribution < 1.29 is 19.1 Å². The number of carbonyl (C=O) groups is 2. The van der Waals surface area contributed by atoms with E-state index >= 15 is 0 Å². The van der Waals surface area contributed by atoms with E-state index in [1.54, 1.807) is 18.2 Å². The van der Waals surface area contributed by atoms with Crippen molar-refractivity contribution in [1.29, 1.82) is 0 Å². The van der Waals surface area contributed by atoms with E-state index in [0.29, 0.717) is 40.2 Å². The molecule has 28 heavy (non-hydrogen) atoms.